The van der Waals surface area contributed by atoms with Crippen LogP contribution in [-0.2, 0) is 65.7 Å². The number of azide groups is 1. The number of nitrogens with two attached hydrogens (primary N) is 2. The van der Waals surface area contributed by atoms with Crippen molar-refractivity contribution in [3.63, 3.8) is 0 Å². The molecule has 0 aliphatic carbocycles. The smallest absolute Gasteiger partial charge is 0.248 e. The molecular formula is C82H90Cl4N14O23. The topological polar surface area (TPSA) is 572 Å². The lowest BCUT2D eigenvalue weighted by atomic mass is 9.84. The van der Waals surface area contributed by atoms with E-state index in [9.17, 15) is 60.8 Å². The van der Waals surface area contributed by atoms with Crippen molar-refractivity contribution >= 4 is 93.7 Å². The number of aliphatic hydroxyl groups is 5. The lowest BCUT2D eigenvalue weighted by molar-refractivity contribution is -0.331. The molecule has 2 fully saturated rings. The molecule has 7 aliphatic rings. The molecule has 0 aromatic heterocycles. The molecule has 0 spiro atoms. The average molecular weight is 1780 g/mol. The van der Waals surface area contributed by atoms with Gasteiger partial charge in [-0.25, -0.2) is 0 Å². The minimum Gasteiger partial charge on any atom is -0.508 e. The number of primary amides is 1. The minimum atomic E-state index is -2.37. The van der Waals surface area contributed by atoms with Crippen molar-refractivity contribution in [3.05, 3.63) is 191 Å². The van der Waals surface area contributed by atoms with E-state index in [1.807, 2.05) is 13.8 Å². The normalized spacial score (nSPS) is 26.1. The lowest BCUT2D eigenvalue weighted by Crippen LogP contribution is -2.65. The first-order chi connectivity index (χ1) is 58.5. The molecule has 7 aliphatic heterocycles. The Morgan fingerprint density at radius 2 is 1.33 bits per heavy atom. The van der Waals surface area contributed by atoms with Gasteiger partial charge in [-0.05, 0) is 157 Å². The summed E-state index contributed by atoms with van der Waals surface area (Å²) in [5, 5.41) is 124. The number of phenols is 3. The van der Waals surface area contributed by atoms with Gasteiger partial charge < -0.3 is 133 Å². The summed E-state index contributed by atoms with van der Waals surface area (Å²) in [5.74, 6) is -14.5. The molecule has 37 nitrogen and oxygen atoms in total. The van der Waals surface area contributed by atoms with Crippen LogP contribution in [0, 0.1) is 5.92 Å². The standard InChI is InChI=1S/C82H90Cl4N14O23/c1-34(2)20-50(90-5)74(110)98-65-67(105)39-10-16-54(48(85)23-39)119-56-25-41-26-57(71(56)123-81-72(70(108)69(107)58(121-81)32-93-100-89)122-60-30-82(4,73(109)35(3)118-60)92-31-36-6-12-43(13-7-36)117-33-37-8-14-46(83)47(84)21-37)120-55-17-11-40(24-49(55)86)68(106)66-80(116)97-64(76(112)91-19-18-87)45-27-42(101)28-53(103)61(45)44-22-38(9-15-52(44)102)62(77(113)99-66)96-78(114)63(41)95-75(111)51(29-59(88)104)94-79(65)115/h6-17,21-28,34-35,50-51,58,60,62-70,72-73,81,90,92,101-103,105-109H,18-20,29-33,87H2,1-5H3,(H2,88,104)(H,91,112)(H,94,115)(H,95,111)(H,96,114)(H,97,116)(H,98,110)(H,99,113)/t35?,50-,51+,58?,60?,62?,63-,64+,65-,66+,67-,68-,69?,70?,72?,73?,81?,82?/m1/s1. The highest BCUT2D eigenvalue weighted by atomic mass is 35.5. The van der Waals surface area contributed by atoms with E-state index in [-0.39, 0.29) is 78.0 Å². The second-order valence-electron chi connectivity index (χ2n) is 30.6. The van der Waals surface area contributed by atoms with E-state index in [1.165, 1.54) is 25.2 Å². The molecule has 21 N–H and O–H groups in total. The van der Waals surface area contributed by atoms with E-state index in [2.05, 4.69) is 57.9 Å². The van der Waals surface area contributed by atoms with E-state index in [0.29, 0.717) is 15.8 Å². The molecule has 654 valence electrons. The monoisotopic (exact) mass is 1780 g/mol. The fourth-order valence-electron chi connectivity index (χ4n) is 14.9. The zero-order chi connectivity index (χ0) is 88.7. The highest BCUT2D eigenvalue weighted by Gasteiger charge is 2.52. The van der Waals surface area contributed by atoms with Gasteiger partial charge in [0, 0.05) is 53.7 Å². The van der Waals surface area contributed by atoms with Crippen molar-refractivity contribution in [3.8, 4) is 62.9 Å². The zero-order valence-electron chi connectivity index (χ0n) is 66.3. The van der Waals surface area contributed by atoms with Crippen molar-refractivity contribution < 1.29 is 112 Å². The number of nitrogens with zero attached hydrogens (tertiary/aromatic N) is 3. The summed E-state index contributed by atoms with van der Waals surface area (Å²) < 4.78 is 45.9. The Hall–Kier alpha value is -11.1. The Bertz CT molecular complexity index is 5230. The number of amides is 8. The summed E-state index contributed by atoms with van der Waals surface area (Å²) in [4.78, 5) is 123. The van der Waals surface area contributed by atoms with Crippen molar-refractivity contribution in [2.24, 2.45) is 22.5 Å². The maximum atomic E-state index is 16.4. The molecule has 14 rings (SSSR count). The average Bonchev–Trinajstić information content (AvgIpc) is 0.765. The first-order valence-corrected chi connectivity index (χ1v) is 40.3. The van der Waals surface area contributed by atoms with Gasteiger partial charge >= 0.3 is 0 Å². The molecular weight excluding hydrogens is 1690 g/mol. The number of ether oxygens (including phenoxy) is 7. The Morgan fingerprint density at radius 3 is 1.97 bits per heavy atom. The largest absolute Gasteiger partial charge is 0.508 e. The molecule has 7 aromatic rings. The molecule has 123 heavy (non-hydrogen) atoms. The maximum absolute atomic E-state index is 16.4. The number of carbonyl (C=O) groups excluding carboxylic acids is 8. The highest BCUT2D eigenvalue weighted by Crippen LogP contribution is 2.50. The summed E-state index contributed by atoms with van der Waals surface area (Å²) in [7, 11) is 1.48. The first-order valence-electron chi connectivity index (χ1n) is 38.8. The van der Waals surface area contributed by atoms with Crippen molar-refractivity contribution in [1.29, 1.82) is 0 Å². The van der Waals surface area contributed by atoms with Gasteiger partial charge in [-0.2, -0.15) is 0 Å². The van der Waals surface area contributed by atoms with Gasteiger partial charge in [0.25, 0.3) is 0 Å². The second kappa shape index (κ2) is 39.2. The van der Waals surface area contributed by atoms with Crippen LogP contribution in [-0.4, -0.2) is 194 Å². The quantitative estimate of drug-likeness (QED) is 0.0237. The van der Waals surface area contributed by atoms with Crippen LogP contribution >= 0.6 is 46.4 Å². The number of aliphatic hydroxyl groups excluding tert-OH is 5. The fourth-order valence-corrected chi connectivity index (χ4v) is 15.6. The van der Waals surface area contributed by atoms with Gasteiger partial charge in [-0.3, -0.25) is 38.4 Å². The number of halogens is 4. The van der Waals surface area contributed by atoms with Crippen molar-refractivity contribution in [1.82, 2.24) is 47.9 Å². The van der Waals surface area contributed by atoms with Crippen LogP contribution in [0.25, 0.3) is 21.6 Å². The number of aromatic hydroxyl groups is 3. The summed E-state index contributed by atoms with van der Waals surface area (Å²) in [5.41, 5.74) is 19.0. The van der Waals surface area contributed by atoms with Crippen LogP contribution in [0.15, 0.2) is 126 Å². The highest BCUT2D eigenvalue weighted by molar-refractivity contribution is 6.42. The van der Waals surface area contributed by atoms with Crippen LogP contribution < -0.4 is 78.3 Å². The Labute approximate surface area is 722 Å². The summed E-state index contributed by atoms with van der Waals surface area (Å²) in [6.45, 7) is 6.17. The number of hydrogen-bond donors (Lipinski definition) is 19. The SMILES string of the molecule is CN[C@H](CC(C)C)C(=O)N[C@H]1C(=O)N[C@@H](CC(N)=O)C(=O)N[C@H]2C(=O)NC3C(=O)N[C@H](C(=O)N[C@H](C(=O)NCCN)c4cc(O)cc(O)c4-c4cc3ccc4O)[C@H](O)c3ccc(c(Cl)c3)Oc3cc2cc(c3OC2OC(CN=[N+]=[N-])C(O)C(O)C2OC2CC(C)(NCc3ccc(OCc4ccc(Cl)c(Cl)c4)cc3)C(O)C(C)O2)Oc2ccc(cc2Cl)[C@H]1O. The van der Waals surface area contributed by atoms with Crippen LogP contribution in [0.3, 0.4) is 0 Å². The molecule has 2 saturated heterocycles. The van der Waals surface area contributed by atoms with Crippen LogP contribution in [0.4, 0.5) is 0 Å². The van der Waals surface area contributed by atoms with E-state index >= 15 is 24.0 Å². The third-order valence-corrected chi connectivity index (χ3v) is 22.7. The molecule has 0 radical (unpaired) electrons. The summed E-state index contributed by atoms with van der Waals surface area (Å²) in [6.07, 6.45) is -18.9. The molecule has 7 heterocycles. The Morgan fingerprint density at radius 1 is 0.691 bits per heavy atom. The van der Waals surface area contributed by atoms with Crippen LogP contribution in [0.5, 0.6) is 51.7 Å². The number of phenolic OH excluding ortho intramolecular Hbond substituents is 3. The van der Waals surface area contributed by atoms with Gasteiger partial charge in [0.05, 0.1) is 57.4 Å². The number of rotatable bonds is 22. The number of hydrogen-bond acceptors (Lipinski definition) is 27. The predicted octanol–water partition coefficient (Wildman–Crippen LogP) is 5.13. The van der Waals surface area contributed by atoms with E-state index < -0.39 is 231 Å². The van der Waals surface area contributed by atoms with Crippen molar-refractivity contribution in [2.45, 2.75) is 169 Å². The number of carbonyl (C=O) groups is 8. The number of nitrogens with one attached hydrogen (secondary N) is 9. The second-order valence-corrected chi connectivity index (χ2v) is 32.3. The predicted molar refractivity (Wildman–Crippen MR) is 441 cm³/mol. The van der Waals surface area contributed by atoms with Gasteiger partial charge in [0.15, 0.2) is 23.9 Å². The van der Waals surface area contributed by atoms with Crippen LogP contribution in [0.1, 0.15) is 116 Å². The molecule has 11 bridgehead atoms. The van der Waals surface area contributed by atoms with Gasteiger partial charge in [0.2, 0.25) is 59.3 Å². The lowest BCUT2D eigenvalue weighted by Gasteiger charge is -2.48. The Balaban J connectivity index is 1.03. The zero-order valence-corrected chi connectivity index (χ0v) is 69.3. The maximum Gasteiger partial charge on any atom is 0.248 e. The van der Waals surface area contributed by atoms with E-state index in [0.717, 1.165) is 71.8 Å². The molecule has 18 atom stereocenters. The number of fused-ring (bicyclic) bond motifs is 15. The molecule has 7 aromatic carbocycles. The Kier molecular flexibility index (Phi) is 29.0. The van der Waals surface area contributed by atoms with Gasteiger partial charge in [-0.1, -0.05) is 102 Å². The third kappa shape index (κ3) is 20.9. The van der Waals surface area contributed by atoms with E-state index in [1.54, 1.807) is 56.3 Å². The molecule has 10 unspecified atom stereocenters. The minimum absolute atomic E-state index is 0.115. The molecule has 0 saturated carbocycles. The fraction of sp³-hybridized carbons (Fsp3) is 0.390. The number of benzene rings is 7. The summed E-state index contributed by atoms with van der Waals surface area (Å²) >= 11 is 26.8. The van der Waals surface area contributed by atoms with E-state index in [4.69, 9.17) is 91.0 Å². The van der Waals surface area contributed by atoms with Crippen LogP contribution in [0.2, 0.25) is 20.1 Å². The van der Waals surface area contributed by atoms with Gasteiger partial charge in [-0.15, -0.1) is 0 Å². The van der Waals surface area contributed by atoms with Crippen molar-refractivity contribution in [2.75, 3.05) is 26.7 Å². The number of likely N-dealkylation sites (N-methyl/N-ethyl adjacent to an activating group) is 1. The summed E-state index contributed by atoms with van der Waals surface area (Å²) in [6, 6.07) is 12.2. The molecule has 8 amide bonds. The molecule has 41 heteroatoms. The first kappa shape index (κ1) is 91.1. The van der Waals surface area contributed by atoms with Gasteiger partial charge in [0.1, 0.15) is 102 Å². The third-order valence-electron chi connectivity index (χ3n) is 21.3.